The second-order valence-corrected chi connectivity index (χ2v) is 5.62. The highest BCUT2D eigenvalue weighted by molar-refractivity contribution is 6.06. The van der Waals surface area contributed by atoms with Crippen molar-refractivity contribution in [3.05, 3.63) is 65.7 Å². The minimum atomic E-state index is -4.76. The first-order chi connectivity index (χ1) is 12.3. The van der Waals surface area contributed by atoms with Gasteiger partial charge in [-0.3, -0.25) is 4.79 Å². The number of carbonyl (C=O) groups excluding carboxylic acids is 1. The summed E-state index contributed by atoms with van der Waals surface area (Å²) in [5.74, 6) is -0.844. The van der Waals surface area contributed by atoms with Gasteiger partial charge in [0, 0.05) is 7.05 Å². The summed E-state index contributed by atoms with van der Waals surface area (Å²) in [5.41, 5.74) is -0.232. The van der Waals surface area contributed by atoms with Crippen LogP contribution in [0.1, 0.15) is 21.6 Å². The molecule has 0 fully saturated rings. The first kappa shape index (κ1) is 17.6. The lowest BCUT2D eigenvalue weighted by molar-refractivity contribution is -0.143. The molecule has 3 aromatic rings. The fraction of sp³-hybridized carbons (Fsp3) is 0.176. The van der Waals surface area contributed by atoms with Crippen LogP contribution < -0.4 is 4.90 Å². The number of halogens is 3. The van der Waals surface area contributed by atoms with Gasteiger partial charge in [-0.05, 0) is 25.1 Å². The number of rotatable bonds is 3. The first-order valence-corrected chi connectivity index (χ1v) is 7.56. The van der Waals surface area contributed by atoms with Crippen molar-refractivity contribution >= 4 is 11.6 Å². The van der Waals surface area contributed by atoms with Gasteiger partial charge in [0.2, 0.25) is 0 Å². The van der Waals surface area contributed by atoms with Gasteiger partial charge in [0.05, 0.1) is 35.5 Å². The van der Waals surface area contributed by atoms with E-state index in [4.69, 9.17) is 0 Å². The monoisotopic (exact) mass is 361 g/mol. The van der Waals surface area contributed by atoms with Gasteiger partial charge in [0.15, 0.2) is 5.69 Å². The molecule has 0 aliphatic rings. The van der Waals surface area contributed by atoms with E-state index in [2.05, 4.69) is 15.3 Å². The molecule has 2 aromatic heterocycles. The second-order valence-electron chi connectivity index (χ2n) is 5.62. The topological polar surface area (TPSA) is 63.9 Å². The number of carbonyl (C=O) groups is 1. The van der Waals surface area contributed by atoms with Crippen molar-refractivity contribution < 1.29 is 18.0 Å². The molecular weight excluding hydrogens is 347 g/mol. The molecule has 3 rings (SSSR count). The van der Waals surface area contributed by atoms with Crippen LogP contribution in [0.4, 0.5) is 18.9 Å². The minimum absolute atomic E-state index is 0.218. The first-order valence-electron chi connectivity index (χ1n) is 7.56. The molecule has 134 valence electrons. The van der Waals surface area contributed by atoms with Crippen molar-refractivity contribution in [2.24, 2.45) is 0 Å². The fourth-order valence-electron chi connectivity index (χ4n) is 2.44. The quantitative estimate of drug-likeness (QED) is 0.718. The lowest BCUT2D eigenvalue weighted by atomic mass is 10.2. The van der Waals surface area contributed by atoms with E-state index in [1.807, 2.05) is 6.92 Å². The Kier molecular flexibility index (Phi) is 4.45. The molecule has 9 heteroatoms. The Bertz CT molecular complexity index is 920. The van der Waals surface area contributed by atoms with Crippen molar-refractivity contribution in [2.75, 3.05) is 11.9 Å². The molecule has 0 aliphatic carbocycles. The van der Waals surface area contributed by atoms with E-state index in [-0.39, 0.29) is 5.69 Å². The van der Waals surface area contributed by atoms with Gasteiger partial charge >= 0.3 is 6.18 Å². The number of hydrogen-bond donors (Lipinski definition) is 0. The van der Waals surface area contributed by atoms with E-state index in [0.717, 1.165) is 21.3 Å². The fourth-order valence-corrected chi connectivity index (χ4v) is 2.44. The number of aryl methyl sites for hydroxylation is 1. The highest BCUT2D eigenvalue weighted by Crippen LogP contribution is 2.34. The van der Waals surface area contributed by atoms with Gasteiger partial charge in [-0.2, -0.15) is 28.5 Å². The Morgan fingerprint density at radius 3 is 2.35 bits per heavy atom. The molecule has 0 aliphatic heterocycles. The third-order valence-electron chi connectivity index (χ3n) is 3.81. The highest BCUT2D eigenvalue weighted by atomic mass is 19.4. The Labute approximate surface area is 146 Å². The normalized spacial score (nSPS) is 11.4. The van der Waals surface area contributed by atoms with Gasteiger partial charge < -0.3 is 4.90 Å². The van der Waals surface area contributed by atoms with E-state index in [9.17, 15) is 18.0 Å². The number of alkyl halides is 3. The Balaban J connectivity index is 2.08. The summed E-state index contributed by atoms with van der Waals surface area (Å²) in [4.78, 5) is 13.7. The maximum Gasteiger partial charge on any atom is 0.434 e. The zero-order valence-corrected chi connectivity index (χ0v) is 13.9. The van der Waals surface area contributed by atoms with E-state index in [1.165, 1.54) is 37.6 Å². The zero-order valence-electron chi connectivity index (χ0n) is 13.9. The van der Waals surface area contributed by atoms with Gasteiger partial charge in [0.25, 0.3) is 5.91 Å². The van der Waals surface area contributed by atoms with Crippen LogP contribution in [0.3, 0.4) is 0 Å². The highest BCUT2D eigenvalue weighted by Gasteiger charge is 2.41. The summed E-state index contributed by atoms with van der Waals surface area (Å²) in [7, 11) is 1.36. The zero-order chi connectivity index (χ0) is 18.9. The number of amides is 1. The molecule has 6 nitrogen and oxygen atoms in total. The Hall–Kier alpha value is -3.23. The van der Waals surface area contributed by atoms with Gasteiger partial charge in [-0.1, -0.05) is 17.7 Å². The summed E-state index contributed by atoms with van der Waals surface area (Å²) < 4.78 is 41.8. The maximum atomic E-state index is 13.7. The van der Waals surface area contributed by atoms with E-state index >= 15 is 0 Å². The summed E-state index contributed by atoms with van der Waals surface area (Å²) in [6.45, 7) is 1.82. The van der Waals surface area contributed by atoms with Crippen molar-refractivity contribution in [2.45, 2.75) is 13.1 Å². The van der Waals surface area contributed by atoms with E-state index in [0.29, 0.717) is 5.69 Å². The van der Waals surface area contributed by atoms with Crippen LogP contribution in [0.2, 0.25) is 0 Å². The molecule has 0 atom stereocenters. The van der Waals surface area contributed by atoms with Crippen LogP contribution in [-0.2, 0) is 6.18 Å². The number of anilines is 1. The van der Waals surface area contributed by atoms with E-state index in [1.54, 1.807) is 12.1 Å². The standard InChI is InChI=1S/C17H14F3N5O/c1-11-3-5-12(6-4-11)25-15(17(18,19)20)14(10-23-25)16(26)24(2)13-7-8-21-22-9-13/h3-10H,1-2H3. The molecule has 1 amide bonds. The largest absolute Gasteiger partial charge is 0.434 e. The summed E-state index contributed by atoms with van der Waals surface area (Å²) in [6, 6.07) is 7.86. The van der Waals surface area contributed by atoms with Crippen LogP contribution >= 0.6 is 0 Å². The van der Waals surface area contributed by atoms with Crippen molar-refractivity contribution in [1.29, 1.82) is 0 Å². The molecule has 0 spiro atoms. The molecule has 0 bridgehead atoms. The van der Waals surface area contributed by atoms with Gasteiger partial charge in [-0.15, -0.1) is 0 Å². The number of benzene rings is 1. The summed E-state index contributed by atoms with van der Waals surface area (Å²) in [6.07, 6.45) is -1.20. The van der Waals surface area contributed by atoms with Crippen LogP contribution in [0.15, 0.2) is 48.9 Å². The van der Waals surface area contributed by atoms with Crippen LogP contribution in [0, 0.1) is 6.92 Å². The molecule has 0 unspecified atom stereocenters. The minimum Gasteiger partial charge on any atom is -0.310 e. The third kappa shape index (κ3) is 3.28. The van der Waals surface area contributed by atoms with Crippen molar-refractivity contribution in [3.63, 3.8) is 0 Å². The molecule has 2 heterocycles. The molecule has 0 saturated carbocycles. The lowest BCUT2D eigenvalue weighted by Crippen LogP contribution is -2.29. The Morgan fingerprint density at radius 2 is 1.77 bits per heavy atom. The van der Waals surface area contributed by atoms with Gasteiger partial charge in [-0.25, -0.2) is 4.68 Å². The third-order valence-corrected chi connectivity index (χ3v) is 3.81. The predicted molar refractivity (Wildman–Crippen MR) is 88.1 cm³/mol. The van der Waals surface area contributed by atoms with Crippen LogP contribution in [0.25, 0.3) is 5.69 Å². The second kappa shape index (κ2) is 6.58. The predicted octanol–water partition coefficient (Wildman–Crippen LogP) is 3.27. The Morgan fingerprint density at radius 1 is 1.08 bits per heavy atom. The van der Waals surface area contributed by atoms with Gasteiger partial charge in [0.1, 0.15) is 0 Å². The average Bonchev–Trinajstić information content (AvgIpc) is 3.07. The molecular formula is C17H14F3N5O. The average molecular weight is 361 g/mol. The number of aromatic nitrogens is 4. The molecule has 0 saturated heterocycles. The van der Waals surface area contributed by atoms with Crippen molar-refractivity contribution in [1.82, 2.24) is 20.0 Å². The SMILES string of the molecule is Cc1ccc(-n2ncc(C(=O)N(C)c3ccnnc3)c2C(F)(F)F)cc1. The lowest BCUT2D eigenvalue weighted by Gasteiger charge is -2.18. The maximum absolute atomic E-state index is 13.7. The van der Waals surface area contributed by atoms with Crippen LogP contribution in [-0.4, -0.2) is 32.9 Å². The number of nitrogens with zero attached hydrogens (tertiary/aromatic N) is 5. The molecule has 26 heavy (non-hydrogen) atoms. The molecule has 1 aromatic carbocycles. The summed E-state index contributed by atoms with van der Waals surface area (Å²) >= 11 is 0. The van der Waals surface area contributed by atoms with Crippen molar-refractivity contribution in [3.8, 4) is 5.69 Å². The van der Waals surface area contributed by atoms with E-state index < -0.39 is 23.3 Å². The smallest absolute Gasteiger partial charge is 0.310 e. The number of hydrogen-bond acceptors (Lipinski definition) is 4. The molecule has 0 N–H and O–H groups in total. The van der Waals surface area contributed by atoms with Crippen LogP contribution in [0.5, 0.6) is 0 Å². The molecule has 0 radical (unpaired) electrons. The summed E-state index contributed by atoms with van der Waals surface area (Å²) in [5, 5.41) is 11.0.